The van der Waals surface area contributed by atoms with Gasteiger partial charge in [0.2, 0.25) is 0 Å². The topological polar surface area (TPSA) is 102 Å². The van der Waals surface area contributed by atoms with Crippen molar-refractivity contribution >= 4 is 27.8 Å². The summed E-state index contributed by atoms with van der Waals surface area (Å²) in [6, 6.07) is 5.95. The highest BCUT2D eigenvalue weighted by Crippen LogP contribution is 2.23. The van der Waals surface area contributed by atoms with Gasteiger partial charge in [-0.05, 0) is 32.9 Å². The highest BCUT2D eigenvalue weighted by molar-refractivity contribution is 7.85. The molecule has 1 amide bonds. The van der Waals surface area contributed by atoms with Crippen LogP contribution in [0.2, 0.25) is 5.02 Å². The molecule has 1 atom stereocenters. The van der Waals surface area contributed by atoms with E-state index in [0.717, 1.165) is 6.26 Å². The van der Waals surface area contributed by atoms with Crippen LogP contribution in [0.3, 0.4) is 0 Å². The van der Waals surface area contributed by atoms with Crippen LogP contribution < -0.4 is 5.32 Å². The van der Waals surface area contributed by atoms with Gasteiger partial charge in [-0.15, -0.1) is 0 Å². The normalized spacial score (nSPS) is 14.9. The fraction of sp³-hybridized carbons (Fsp3) is 0.500. The van der Waals surface area contributed by atoms with Crippen molar-refractivity contribution in [3.63, 3.8) is 0 Å². The molecule has 1 aromatic rings. The van der Waals surface area contributed by atoms with Crippen LogP contribution in [-0.4, -0.2) is 38.1 Å². The van der Waals surface area contributed by atoms with Crippen molar-refractivity contribution in [1.82, 2.24) is 5.32 Å². The molecule has 1 unspecified atom stereocenters. The number of halogens is 1. The van der Waals surface area contributed by atoms with E-state index in [1.165, 1.54) is 12.1 Å². The molecule has 0 bridgehead atoms. The van der Waals surface area contributed by atoms with Gasteiger partial charge in [0.05, 0.1) is 6.26 Å². The van der Waals surface area contributed by atoms with Gasteiger partial charge in [0.25, 0.3) is 10.1 Å². The Morgan fingerprint density at radius 1 is 1.35 bits per heavy atom. The molecule has 0 aliphatic carbocycles. The Bertz CT molecular complexity index is 670. The summed E-state index contributed by atoms with van der Waals surface area (Å²) < 4.78 is 32.1. The number of rotatable bonds is 5. The summed E-state index contributed by atoms with van der Waals surface area (Å²) in [7, 11) is -3.83. The van der Waals surface area contributed by atoms with Gasteiger partial charge in [0.1, 0.15) is 12.2 Å². The van der Waals surface area contributed by atoms with Gasteiger partial charge in [-0.25, -0.2) is 4.79 Å². The van der Waals surface area contributed by atoms with E-state index >= 15 is 0 Å². The van der Waals surface area contributed by atoms with Gasteiger partial charge in [0.15, 0.2) is 5.72 Å². The Hall–Kier alpha value is -1.35. The highest BCUT2D eigenvalue weighted by atomic mass is 35.5. The summed E-state index contributed by atoms with van der Waals surface area (Å²) in [6.45, 7) is 4.22. The van der Waals surface area contributed by atoms with Gasteiger partial charge in [0, 0.05) is 10.6 Å². The zero-order valence-corrected chi connectivity index (χ0v) is 14.9. The zero-order chi connectivity index (χ0) is 17.9. The number of amides is 1. The molecule has 0 spiro atoms. The average Bonchev–Trinajstić information content (AvgIpc) is 2.33. The van der Waals surface area contributed by atoms with E-state index in [-0.39, 0.29) is 5.56 Å². The monoisotopic (exact) mass is 365 g/mol. The first-order valence-electron chi connectivity index (χ1n) is 6.65. The van der Waals surface area contributed by atoms with Crippen molar-refractivity contribution in [2.24, 2.45) is 0 Å². The molecule has 130 valence electrons. The average molecular weight is 366 g/mol. The summed E-state index contributed by atoms with van der Waals surface area (Å²) in [5.74, 6) is 0. The predicted molar refractivity (Wildman–Crippen MR) is 85.5 cm³/mol. The van der Waals surface area contributed by atoms with Crippen LogP contribution in [0.5, 0.6) is 0 Å². The first-order valence-corrected chi connectivity index (χ1v) is 8.84. The van der Waals surface area contributed by atoms with E-state index in [2.05, 4.69) is 9.50 Å². The molecule has 0 heterocycles. The van der Waals surface area contributed by atoms with Gasteiger partial charge in [-0.3, -0.25) is 9.50 Å². The molecule has 0 aromatic heterocycles. The first kappa shape index (κ1) is 19.7. The first-order chi connectivity index (χ1) is 10.3. The lowest BCUT2D eigenvalue weighted by Crippen LogP contribution is -2.51. The number of hydrogen-bond donors (Lipinski definition) is 2. The summed E-state index contributed by atoms with van der Waals surface area (Å²) in [5.41, 5.74) is -2.77. The van der Waals surface area contributed by atoms with E-state index in [4.69, 9.17) is 16.3 Å². The third-order valence-corrected chi connectivity index (χ3v) is 3.27. The van der Waals surface area contributed by atoms with Crippen molar-refractivity contribution in [1.29, 1.82) is 0 Å². The molecule has 0 saturated heterocycles. The summed E-state index contributed by atoms with van der Waals surface area (Å²) in [6.07, 6.45) is -0.101. The summed E-state index contributed by atoms with van der Waals surface area (Å²) in [5, 5.41) is 13.2. The lowest BCUT2D eigenvalue weighted by molar-refractivity contribution is -0.0455. The summed E-state index contributed by atoms with van der Waals surface area (Å²) in [4.78, 5) is 11.9. The molecule has 23 heavy (non-hydrogen) atoms. The molecule has 0 saturated carbocycles. The summed E-state index contributed by atoms with van der Waals surface area (Å²) >= 11 is 5.87. The minimum Gasteiger partial charge on any atom is -0.444 e. The van der Waals surface area contributed by atoms with E-state index in [1.54, 1.807) is 32.9 Å². The Morgan fingerprint density at radius 3 is 2.43 bits per heavy atom. The van der Waals surface area contributed by atoms with Crippen LogP contribution in [0.4, 0.5) is 4.79 Å². The molecular formula is C14H20ClNO6S. The third-order valence-electron chi connectivity index (χ3n) is 2.49. The maximum atomic E-state index is 11.9. The lowest BCUT2D eigenvalue weighted by atomic mass is 10.0. The molecule has 1 aromatic carbocycles. The second-order valence-corrected chi connectivity index (χ2v) is 8.04. The Balaban J connectivity index is 3.08. The van der Waals surface area contributed by atoms with E-state index in [0.29, 0.717) is 5.02 Å². The van der Waals surface area contributed by atoms with E-state index < -0.39 is 34.1 Å². The van der Waals surface area contributed by atoms with E-state index in [9.17, 15) is 18.3 Å². The number of ether oxygens (including phenoxy) is 1. The largest absolute Gasteiger partial charge is 0.444 e. The number of nitrogens with one attached hydrogen (secondary N) is 1. The van der Waals surface area contributed by atoms with Gasteiger partial charge in [-0.2, -0.15) is 8.42 Å². The number of carbonyl (C=O) groups is 1. The van der Waals surface area contributed by atoms with Crippen molar-refractivity contribution in [3.05, 3.63) is 34.9 Å². The van der Waals surface area contributed by atoms with Crippen LogP contribution >= 0.6 is 11.6 Å². The Morgan fingerprint density at radius 2 is 1.96 bits per heavy atom. The minimum atomic E-state index is -3.83. The predicted octanol–water partition coefficient (Wildman–Crippen LogP) is 1.99. The molecule has 2 N–H and O–H groups in total. The minimum absolute atomic E-state index is 0.152. The zero-order valence-electron chi connectivity index (χ0n) is 13.3. The van der Waals surface area contributed by atoms with Crippen molar-refractivity contribution in [2.45, 2.75) is 32.1 Å². The van der Waals surface area contributed by atoms with Gasteiger partial charge in [-0.1, -0.05) is 23.7 Å². The smallest absolute Gasteiger partial charge is 0.410 e. The maximum absolute atomic E-state index is 11.9. The number of aliphatic hydroxyl groups is 1. The van der Waals surface area contributed by atoms with Gasteiger partial charge < -0.3 is 9.84 Å². The number of carbonyl (C=O) groups excluding carboxylic acids is 1. The molecule has 9 heteroatoms. The molecule has 0 aliphatic rings. The van der Waals surface area contributed by atoms with Crippen molar-refractivity contribution in [3.8, 4) is 0 Å². The van der Waals surface area contributed by atoms with Crippen LogP contribution in [0.1, 0.15) is 26.3 Å². The molecular weight excluding hydrogens is 346 g/mol. The van der Waals surface area contributed by atoms with Crippen LogP contribution in [0, 0.1) is 0 Å². The standard InChI is InChI=1S/C14H20ClNO6S/c1-13(2,3)22-12(17)16-14(18,9-21-23(4,19)20)10-6-5-7-11(15)8-10/h5-8,18H,9H2,1-4H3,(H,16,17). The fourth-order valence-electron chi connectivity index (χ4n) is 1.60. The SMILES string of the molecule is CC(C)(C)OC(=O)NC(O)(COS(C)(=O)=O)c1cccc(Cl)c1. The Kier molecular flexibility index (Phi) is 6.03. The molecule has 7 nitrogen and oxygen atoms in total. The lowest BCUT2D eigenvalue weighted by Gasteiger charge is -2.30. The second-order valence-electron chi connectivity index (χ2n) is 5.96. The fourth-order valence-corrected chi connectivity index (χ4v) is 2.18. The quantitative estimate of drug-likeness (QED) is 0.611. The number of hydrogen-bond acceptors (Lipinski definition) is 6. The van der Waals surface area contributed by atoms with Crippen LogP contribution in [-0.2, 0) is 24.8 Å². The molecule has 0 radical (unpaired) electrons. The molecule has 0 fully saturated rings. The molecule has 1 rings (SSSR count). The Labute approximate surface area is 140 Å². The third kappa shape index (κ3) is 7.17. The van der Waals surface area contributed by atoms with Crippen molar-refractivity contribution in [2.75, 3.05) is 12.9 Å². The maximum Gasteiger partial charge on any atom is 0.410 e. The second kappa shape index (κ2) is 7.04. The number of alkyl carbamates (subject to hydrolysis) is 1. The van der Waals surface area contributed by atoms with Crippen LogP contribution in [0.15, 0.2) is 24.3 Å². The van der Waals surface area contributed by atoms with Crippen molar-refractivity contribution < 1.29 is 27.2 Å². The van der Waals surface area contributed by atoms with Crippen LogP contribution in [0.25, 0.3) is 0 Å². The number of benzene rings is 1. The highest BCUT2D eigenvalue weighted by Gasteiger charge is 2.35. The van der Waals surface area contributed by atoms with Gasteiger partial charge >= 0.3 is 6.09 Å². The molecule has 0 aliphatic heterocycles. The van der Waals surface area contributed by atoms with E-state index in [1.807, 2.05) is 0 Å².